The molecule has 2 aromatic rings. The molecule has 7 heteroatoms. The van der Waals surface area contributed by atoms with Crippen LogP contribution in [0.5, 0.6) is 0 Å². The van der Waals surface area contributed by atoms with Gasteiger partial charge in [0.05, 0.1) is 11.8 Å². The lowest BCUT2D eigenvalue weighted by Crippen LogP contribution is -2.17. The van der Waals surface area contributed by atoms with Gasteiger partial charge in [-0.05, 0) is 42.0 Å². The Balaban J connectivity index is 1.99. The van der Waals surface area contributed by atoms with E-state index in [-0.39, 0.29) is 5.56 Å². The topological polar surface area (TPSA) is 41.5 Å². The van der Waals surface area contributed by atoms with Crippen LogP contribution >= 0.6 is 11.6 Å². The van der Waals surface area contributed by atoms with Crippen molar-refractivity contribution in [2.24, 2.45) is 5.10 Å². The second-order valence-electron chi connectivity index (χ2n) is 4.33. The summed E-state index contributed by atoms with van der Waals surface area (Å²) in [6, 6.07) is 10.6. The van der Waals surface area contributed by atoms with Gasteiger partial charge in [-0.3, -0.25) is 4.79 Å². The summed E-state index contributed by atoms with van der Waals surface area (Å²) in [6.45, 7) is 0. The van der Waals surface area contributed by atoms with E-state index in [1.54, 1.807) is 24.3 Å². The van der Waals surface area contributed by atoms with Gasteiger partial charge < -0.3 is 0 Å². The zero-order chi connectivity index (χ0) is 16.2. The van der Waals surface area contributed by atoms with Gasteiger partial charge in [-0.15, -0.1) is 0 Å². The second-order valence-corrected chi connectivity index (χ2v) is 4.76. The quantitative estimate of drug-likeness (QED) is 0.669. The number of rotatable bonds is 3. The molecule has 22 heavy (non-hydrogen) atoms. The van der Waals surface area contributed by atoms with Crippen molar-refractivity contribution < 1.29 is 18.0 Å². The first kappa shape index (κ1) is 16.0. The van der Waals surface area contributed by atoms with Gasteiger partial charge in [-0.25, -0.2) is 5.43 Å². The Bertz CT molecular complexity index is 679. The van der Waals surface area contributed by atoms with Crippen LogP contribution in [0.3, 0.4) is 0 Å². The number of nitrogens with one attached hydrogen (secondary N) is 1. The molecular weight excluding hydrogens is 317 g/mol. The van der Waals surface area contributed by atoms with Gasteiger partial charge in [0, 0.05) is 10.6 Å². The SMILES string of the molecule is O=C(N/N=C/c1ccc(Cl)cc1)c1ccc(C(F)(F)F)cc1. The maximum atomic E-state index is 12.4. The molecule has 0 saturated heterocycles. The molecule has 0 saturated carbocycles. The van der Waals surface area contributed by atoms with Crippen LogP contribution in [0.15, 0.2) is 53.6 Å². The summed E-state index contributed by atoms with van der Waals surface area (Å²) in [5.41, 5.74) is 2.23. The van der Waals surface area contributed by atoms with Gasteiger partial charge in [0.15, 0.2) is 0 Å². The molecule has 0 atom stereocenters. The van der Waals surface area contributed by atoms with Crippen molar-refractivity contribution in [3.05, 3.63) is 70.2 Å². The fraction of sp³-hybridized carbons (Fsp3) is 0.0667. The van der Waals surface area contributed by atoms with Gasteiger partial charge in [0.2, 0.25) is 0 Å². The molecule has 0 unspecified atom stereocenters. The fourth-order valence-electron chi connectivity index (χ4n) is 1.59. The highest BCUT2D eigenvalue weighted by molar-refractivity contribution is 6.30. The van der Waals surface area contributed by atoms with Gasteiger partial charge in [0.25, 0.3) is 5.91 Å². The molecule has 2 aromatic carbocycles. The second kappa shape index (κ2) is 6.62. The summed E-state index contributed by atoms with van der Waals surface area (Å²) < 4.78 is 37.2. The molecule has 0 aromatic heterocycles. The minimum absolute atomic E-state index is 0.0845. The Kier molecular flexibility index (Phi) is 4.82. The van der Waals surface area contributed by atoms with Crippen molar-refractivity contribution in [3.63, 3.8) is 0 Å². The zero-order valence-corrected chi connectivity index (χ0v) is 11.8. The van der Waals surface area contributed by atoms with E-state index in [9.17, 15) is 18.0 Å². The summed E-state index contributed by atoms with van der Waals surface area (Å²) >= 11 is 5.73. The minimum Gasteiger partial charge on any atom is -0.267 e. The van der Waals surface area contributed by atoms with Crippen LogP contribution < -0.4 is 5.43 Å². The fourth-order valence-corrected chi connectivity index (χ4v) is 1.72. The van der Waals surface area contributed by atoms with Crippen LogP contribution in [-0.4, -0.2) is 12.1 Å². The molecule has 1 amide bonds. The predicted octanol–water partition coefficient (Wildman–Crippen LogP) is 4.12. The number of hydrogen-bond acceptors (Lipinski definition) is 2. The third kappa shape index (κ3) is 4.33. The zero-order valence-electron chi connectivity index (χ0n) is 11.1. The molecule has 0 radical (unpaired) electrons. The van der Waals surface area contributed by atoms with Crippen molar-refractivity contribution in [1.82, 2.24) is 5.43 Å². The van der Waals surface area contributed by atoms with Gasteiger partial charge in [0.1, 0.15) is 0 Å². The van der Waals surface area contributed by atoms with Crippen molar-refractivity contribution in [2.45, 2.75) is 6.18 Å². The Hall–Kier alpha value is -2.34. The third-order valence-corrected chi connectivity index (χ3v) is 2.98. The lowest BCUT2D eigenvalue weighted by Gasteiger charge is -2.06. The molecular formula is C15H10ClF3N2O. The number of carbonyl (C=O) groups excluding carboxylic acids is 1. The molecule has 0 heterocycles. The first-order chi connectivity index (χ1) is 10.4. The summed E-state index contributed by atoms with van der Waals surface area (Å²) in [5, 5.41) is 4.30. The van der Waals surface area contributed by atoms with Gasteiger partial charge in [-0.2, -0.15) is 18.3 Å². The van der Waals surface area contributed by atoms with Crippen molar-refractivity contribution >= 4 is 23.7 Å². The standard InChI is InChI=1S/C15H10ClF3N2O/c16-13-7-1-10(2-8-13)9-20-21-14(22)11-3-5-12(6-4-11)15(17,18)19/h1-9H,(H,21,22)/b20-9+. The molecule has 0 bridgehead atoms. The summed E-state index contributed by atoms with van der Waals surface area (Å²) in [7, 11) is 0. The smallest absolute Gasteiger partial charge is 0.267 e. The Morgan fingerprint density at radius 2 is 1.64 bits per heavy atom. The highest BCUT2D eigenvalue weighted by Gasteiger charge is 2.30. The van der Waals surface area contributed by atoms with Crippen LogP contribution in [0.1, 0.15) is 21.5 Å². The highest BCUT2D eigenvalue weighted by atomic mass is 35.5. The highest BCUT2D eigenvalue weighted by Crippen LogP contribution is 2.29. The first-order valence-electron chi connectivity index (χ1n) is 6.12. The minimum atomic E-state index is -4.43. The van der Waals surface area contributed by atoms with Crippen molar-refractivity contribution in [1.29, 1.82) is 0 Å². The van der Waals surface area contributed by atoms with Crippen LogP contribution in [0.4, 0.5) is 13.2 Å². The van der Waals surface area contributed by atoms with Crippen molar-refractivity contribution in [3.8, 4) is 0 Å². The molecule has 0 aliphatic heterocycles. The predicted molar refractivity (Wildman–Crippen MR) is 78.0 cm³/mol. The molecule has 0 spiro atoms. The number of amides is 1. The normalized spacial score (nSPS) is 11.6. The molecule has 0 aliphatic rings. The maximum Gasteiger partial charge on any atom is 0.416 e. The van der Waals surface area contributed by atoms with E-state index < -0.39 is 17.6 Å². The maximum absolute atomic E-state index is 12.4. The Labute approximate surface area is 129 Å². The molecule has 1 N–H and O–H groups in total. The third-order valence-electron chi connectivity index (χ3n) is 2.72. The lowest BCUT2D eigenvalue weighted by atomic mass is 10.1. The number of carbonyl (C=O) groups is 1. The van der Waals surface area contributed by atoms with E-state index in [4.69, 9.17) is 11.6 Å². The number of hydrazone groups is 1. The van der Waals surface area contributed by atoms with E-state index in [0.717, 1.165) is 29.8 Å². The van der Waals surface area contributed by atoms with Crippen molar-refractivity contribution in [2.75, 3.05) is 0 Å². The van der Waals surface area contributed by atoms with Crippen LogP contribution in [0.25, 0.3) is 0 Å². The van der Waals surface area contributed by atoms with Crippen LogP contribution in [-0.2, 0) is 6.18 Å². The molecule has 0 fully saturated rings. The Morgan fingerprint density at radius 3 is 2.18 bits per heavy atom. The molecule has 0 aliphatic carbocycles. The van der Waals surface area contributed by atoms with Crippen LogP contribution in [0, 0.1) is 0 Å². The molecule has 2 rings (SSSR count). The number of nitrogens with zero attached hydrogens (tertiary/aromatic N) is 1. The number of halogens is 4. The number of alkyl halides is 3. The van der Waals surface area contributed by atoms with Gasteiger partial charge in [-0.1, -0.05) is 23.7 Å². The summed E-state index contributed by atoms with van der Waals surface area (Å²) in [4.78, 5) is 11.7. The lowest BCUT2D eigenvalue weighted by molar-refractivity contribution is -0.137. The molecule has 3 nitrogen and oxygen atoms in total. The largest absolute Gasteiger partial charge is 0.416 e. The van der Waals surface area contributed by atoms with E-state index in [1.807, 2.05) is 0 Å². The van der Waals surface area contributed by atoms with E-state index in [2.05, 4.69) is 10.5 Å². The summed E-state index contributed by atoms with van der Waals surface area (Å²) in [5.74, 6) is -0.598. The van der Waals surface area contributed by atoms with E-state index in [0.29, 0.717) is 5.02 Å². The first-order valence-corrected chi connectivity index (χ1v) is 6.50. The van der Waals surface area contributed by atoms with Crippen LogP contribution in [0.2, 0.25) is 5.02 Å². The van der Waals surface area contributed by atoms with Gasteiger partial charge >= 0.3 is 6.18 Å². The number of hydrogen-bond donors (Lipinski definition) is 1. The summed E-state index contributed by atoms with van der Waals surface area (Å²) in [6.07, 6.45) is -3.03. The van der Waals surface area contributed by atoms with E-state index in [1.165, 1.54) is 6.21 Å². The monoisotopic (exact) mass is 326 g/mol. The Morgan fingerprint density at radius 1 is 1.05 bits per heavy atom. The number of benzene rings is 2. The average Bonchev–Trinajstić information content (AvgIpc) is 2.48. The average molecular weight is 327 g/mol. The molecule has 114 valence electrons. The van der Waals surface area contributed by atoms with E-state index >= 15 is 0 Å².